The van der Waals surface area contributed by atoms with Crippen molar-refractivity contribution in [2.24, 2.45) is 0 Å². The summed E-state index contributed by atoms with van der Waals surface area (Å²) in [6.07, 6.45) is 1.37. The Kier molecular flexibility index (Phi) is 10.0. The summed E-state index contributed by atoms with van der Waals surface area (Å²) in [4.78, 5) is 52.5. The third-order valence-corrected chi connectivity index (χ3v) is 7.81. The van der Waals surface area contributed by atoms with Gasteiger partial charge in [-0.15, -0.1) is 0 Å². The second kappa shape index (κ2) is 14.3. The molecule has 234 valence electrons. The van der Waals surface area contributed by atoms with Crippen LogP contribution >= 0.6 is 22.6 Å². The number of barbiturate groups is 1. The Hall–Kier alpha value is -5.17. The molecule has 4 aromatic rings. The Balaban J connectivity index is 1.30. The van der Waals surface area contributed by atoms with Crippen LogP contribution in [0.15, 0.2) is 90.5 Å². The Bertz CT molecular complexity index is 1840. The van der Waals surface area contributed by atoms with Gasteiger partial charge in [0.2, 0.25) is 0 Å². The maximum atomic E-state index is 13.5. The normalized spacial score (nSPS) is 13.8. The molecule has 2 N–H and O–H groups in total. The molecule has 0 atom stereocenters. The average molecular weight is 732 g/mol. The van der Waals surface area contributed by atoms with Gasteiger partial charge in [0.15, 0.2) is 18.1 Å². The Labute approximate surface area is 279 Å². The molecule has 1 saturated heterocycles. The van der Waals surface area contributed by atoms with E-state index in [1.54, 1.807) is 36.4 Å². The van der Waals surface area contributed by atoms with E-state index in [2.05, 4.69) is 10.6 Å². The van der Waals surface area contributed by atoms with E-state index in [0.29, 0.717) is 38.7 Å². The van der Waals surface area contributed by atoms with Gasteiger partial charge in [-0.3, -0.25) is 19.7 Å². The molecular weight excluding hydrogens is 701 g/mol. The molecule has 0 radical (unpaired) electrons. The largest absolute Gasteiger partial charge is 0.493 e. The topological polar surface area (TPSA) is 123 Å². The molecule has 1 heterocycles. The monoisotopic (exact) mass is 731 g/mol. The number of halogens is 1. The molecule has 0 spiro atoms. The lowest BCUT2D eigenvalue weighted by atomic mass is 10.1. The molecule has 1 fully saturated rings. The van der Waals surface area contributed by atoms with Crippen LogP contribution in [0.5, 0.6) is 17.2 Å². The quantitative estimate of drug-likeness (QED) is 0.114. The molecule has 0 bridgehead atoms. The third kappa shape index (κ3) is 7.54. The number of methoxy groups -OCH3 is 1. The van der Waals surface area contributed by atoms with E-state index in [9.17, 15) is 19.2 Å². The SMILES string of the molecule is COc1cc(/C=C2/C(=O)NC(=O)N(c3ccc(OCc4ccccc4)cc3)C2=O)cc(I)c1OCC(=O)Nc1ccc(C)cc1C. The summed E-state index contributed by atoms with van der Waals surface area (Å²) < 4.78 is 17.7. The highest BCUT2D eigenvalue weighted by Crippen LogP contribution is 2.35. The first-order valence-corrected chi connectivity index (χ1v) is 15.3. The molecule has 10 nitrogen and oxygen atoms in total. The number of imide groups is 2. The number of amides is 5. The smallest absolute Gasteiger partial charge is 0.335 e. The van der Waals surface area contributed by atoms with Gasteiger partial charge in [0, 0.05) is 5.69 Å². The van der Waals surface area contributed by atoms with Crippen LogP contribution in [0.25, 0.3) is 6.08 Å². The second-order valence-corrected chi connectivity index (χ2v) is 11.6. The minimum Gasteiger partial charge on any atom is -0.493 e. The minimum absolute atomic E-state index is 0.247. The average Bonchev–Trinajstić information content (AvgIpc) is 3.03. The van der Waals surface area contributed by atoms with Gasteiger partial charge in [-0.25, -0.2) is 9.69 Å². The number of nitrogens with zero attached hydrogens (tertiary/aromatic N) is 1. The highest BCUT2D eigenvalue weighted by molar-refractivity contribution is 14.1. The lowest BCUT2D eigenvalue weighted by molar-refractivity contribution is -0.122. The van der Waals surface area contributed by atoms with Gasteiger partial charge in [-0.2, -0.15) is 0 Å². The fourth-order valence-electron chi connectivity index (χ4n) is 4.73. The van der Waals surface area contributed by atoms with Gasteiger partial charge in [0.05, 0.1) is 16.4 Å². The van der Waals surface area contributed by atoms with Gasteiger partial charge in [-0.05, 0) is 102 Å². The van der Waals surface area contributed by atoms with E-state index in [-0.39, 0.29) is 23.8 Å². The highest BCUT2D eigenvalue weighted by Gasteiger charge is 2.37. The predicted molar refractivity (Wildman–Crippen MR) is 182 cm³/mol. The molecule has 5 rings (SSSR count). The zero-order chi connectivity index (χ0) is 32.8. The van der Waals surface area contributed by atoms with Crippen molar-refractivity contribution in [2.45, 2.75) is 20.5 Å². The van der Waals surface area contributed by atoms with Crippen molar-refractivity contribution in [2.75, 3.05) is 23.9 Å². The van der Waals surface area contributed by atoms with Crippen LogP contribution in [0.2, 0.25) is 0 Å². The maximum absolute atomic E-state index is 13.5. The maximum Gasteiger partial charge on any atom is 0.335 e. The van der Waals surface area contributed by atoms with E-state index < -0.39 is 17.8 Å². The van der Waals surface area contributed by atoms with Gasteiger partial charge < -0.3 is 19.5 Å². The minimum atomic E-state index is -0.861. The number of rotatable bonds is 10. The number of anilines is 2. The number of urea groups is 1. The molecule has 0 unspecified atom stereocenters. The molecule has 1 aliphatic heterocycles. The van der Waals surface area contributed by atoms with E-state index in [1.165, 1.54) is 13.2 Å². The van der Waals surface area contributed by atoms with E-state index in [0.717, 1.165) is 21.6 Å². The lowest BCUT2D eigenvalue weighted by Gasteiger charge is -2.26. The first-order valence-electron chi connectivity index (χ1n) is 14.2. The van der Waals surface area contributed by atoms with Crippen molar-refractivity contribution < 1.29 is 33.4 Å². The fourth-order valence-corrected chi connectivity index (χ4v) is 5.51. The second-order valence-electron chi connectivity index (χ2n) is 10.4. The van der Waals surface area contributed by atoms with Crippen molar-refractivity contribution >= 4 is 63.8 Å². The standard InChI is InChI=1S/C35H30IN3O7/c1-21-9-14-29(22(2)15-21)37-31(40)20-46-32-28(36)17-24(18-30(32)44-3)16-27-33(41)38-35(43)39(34(27)42)25-10-12-26(13-11-25)45-19-23-7-5-4-6-8-23/h4-18H,19-20H2,1-3H3,(H,37,40)(H,38,41,43)/b27-16-. The summed E-state index contributed by atoms with van der Waals surface area (Å²) >= 11 is 2.02. The molecule has 1 aliphatic rings. The van der Waals surface area contributed by atoms with Crippen molar-refractivity contribution in [3.8, 4) is 17.2 Å². The van der Waals surface area contributed by atoms with Crippen molar-refractivity contribution in [3.05, 3.63) is 116 Å². The van der Waals surface area contributed by atoms with Crippen LogP contribution < -0.4 is 29.7 Å². The van der Waals surface area contributed by atoms with Crippen molar-refractivity contribution in [1.29, 1.82) is 0 Å². The number of aryl methyl sites for hydroxylation is 2. The van der Waals surface area contributed by atoms with Crippen molar-refractivity contribution in [3.63, 3.8) is 0 Å². The van der Waals surface area contributed by atoms with Crippen LogP contribution in [0.3, 0.4) is 0 Å². The summed E-state index contributed by atoms with van der Waals surface area (Å²) in [6.45, 7) is 3.98. The molecule has 46 heavy (non-hydrogen) atoms. The summed E-state index contributed by atoms with van der Waals surface area (Å²) in [5, 5.41) is 5.07. The van der Waals surface area contributed by atoms with Crippen LogP contribution in [0.1, 0.15) is 22.3 Å². The highest BCUT2D eigenvalue weighted by atomic mass is 127. The molecule has 11 heteroatoms. The van der Waals surface area contributed by atoms with Crippen LogP contribution in [-0.4, -0.2) is 37.5 Å². The summed E-state index contributed by atoms with van der Waals surface area (Å²) in [7, 11) is 1.44. The first kappa shape index (κ1) is 32.2. The lowest BCUT2D eigenvalue weighted by Crippen LogP contribution is -2.54. The number of ether oxygens (including phenoxy) is 3. The number of carbonyl (C=O) groups is 4. The number of benzene rings is 4. The molecule has 0 saturated carbocycles. The zero-order valence-corrected chi connectivity index (χ0v) is 27.4. The van der Waals surface area contributed by atoms with Gasteiger partial charge in [0.25, 0.3) is 17.7 Å². The van der Waals surface area contributed by atoms with E-state index in [1.807, 2.05) is 85.0 Å². The first-order chi connectivity index (χ1) is 22.1. The third-order valence-electron chi connectivity index (χ3n) is 7.01. The summed E-state index contributed by atoms with van der Waals surface area (Å²) in [6, 6.07) is 24.2. The summed E-state index contributed by atoms with van der Waals surface area (Å²) in [5.41, 5.74) is 4.18. The van der Waals surface area contributed by atoms with Crippen LogP contribution in [0.4, 0.5) is 16.2 Å². The fraction of sp³-hybridized carbons (Fsp3) is 0.143. The Morgan fingerprint density at radius 1 is 0.935 bits per heavy atom. The molecule has 0 aliphatic carbocycles. The Morgan fingerprint density at radius 2 is 1.67 bits per heavy atom. The zero-order valence-electron chi connectivity index (χ0n) is 25.3. The summed E-state index contributed by atoms with van der Waals surface area (Å²) in [5.74, 6) is -0.792. The number of hydrogen-bond acceptors (Lipinski definition) is 7. The van der Waals surface area contributed by atoms with Crippen LogP contribution in [-0.2, 0) is 21.0 Å². The molecule has 0 aromatic heterocycles. The van der Waals surface area contributed by atoms with Gasteiger partial charge >= 0.3 is 6.03 Å². The van der Waals surface area contributed by atoms with E-state index >= 15 is 0 Å². The van der Waals surface area contributed by atoms with Crippen molar-refractivity contribution in [1.82, 2.24) is 5.32 Å². The molecule has 4 aromatic carbocycles. The number of carbonyl (C=O) groups excluding carboxylic acids is 4. The van der Waals surface area contributed by atoms with Gasteiger partial charge in [0.1, 0.15) is 17.9 Å². The van der Waals surface area contributed by atoms with Crippen LogP contribution in [0, 0.1) is 17.4 Å². The number of hydrogen-bond donors (Lipinski definition) is 2. The van der Waals surface area contributed by atoms with E-state index in [4.69, 9.17) is 14.2 Å². The van der Waals surface area contributed by atoms with Gasteiger partial charge in [-0.1, -0.05) is 48.0 Å². The molecular formula is C35H30IN3O7. The molecule has 5 amide bonds. The Morgan fingerprint density at radius 3 is 2.37 bits per heavy atom. The number of nitrogens with one attached hydrogen (secondary N) is 2. The predicted octanol–water partition coefficient (Wildman–Crippen LogP) is 6.18.